The molecule has 5 nitrogen and oxygen atoms in total. The van der Waals surface area contributed by atoms with Gasteiger partial charge in [0.2, 0.25) is 5.91 Å². The molecule has 2 rings (SSSR count). The first-order chi connectivity index (χ1) is 12.9. The predicted molar refractivity (Wildman–Crippen MR) is 107 cm³/mol. The first-order valence-corrected chi connectivity index (χ1v) is 9.26. The third-order valence-corrected chi connectivity index (χ3v) is 4.48. The van der Waals surface area contributed by atoms with Crippen molar-refractivity contribution in [2.24, 2.45) is 5.92 Å². The van der Waals surface area contributed by atoms with Crippen LogP contribution in [-0.4, -0.2) is 31.5 Å². The molecule has 144 valence electrons. The molecule has 27 heavy (non-hydrogen) atoms. The van der Waals surface area contributed by atoms with E-state index < -0.39 is 6.04 Å². The van der Waals surface area contributed by atoms with Crippen LogP contribution in [0.1, 0.15) is 29.8 Å². The number of rotatable bonds is 8. The van der Waals surface area contributed by atoms with E-state index in [-0.39, 0.29) is 17.7 Å². The van der Waals surface area contributed by atoms with Crippen molar-refractivity contribution in [2.75, 3.05) is 13.7 Å². The molecule has 0 aromatic heterocycles. The van der Waals surface area contributed by atoms with Gasteiger partial charge in [0.15, 0.2) is 0 Å². The van der Waals surface area contributed by atoms with Crippen molar-refractivity contribution in [1.82, 2.24) is 10.6 Å². The van der Waals surface area contributed by atoms with Crippen LogP contribution >= 0.6 is 11.6 Å². The molecule has 1 atom stereocenters. The highest BCUT2D eigenvalue weighted by atomic mass is 35.5. The van der Waals surface area contributed by atoms with Gasteiger partial charge in [0.1, 0.15) is 11.8 Å². The Morgan fingerprint density at radius 1 is 1.07 bits per heavy atom. The average Bonchev–Trinajstić information content (AvgIpc) is 2.66. The fourth-order valence-electron chi connectivity index (χ4n) is 2.70. The lowest BCUT2D eigenvalue weighted by Crippen LogP contribution is -2.50. The molecule has 0 fully saturated rings. The van der Waals surface area contributed by atoms with Crippen LogP contribution in [0.25, 0.3) is 0 Å². The van der Waals surface area contributed by atoms with Crippen LogP contribution in [-0.2, 0) is 11.2 Å². The number of para-hydroxylation sites is 1. The molecular formula is C21H25ClN2O3. The summed E-state index contributed by atoms with van der Waals surface area (Å²) in [6.45, 7) is 4.25. The molecule has 2 N–H and O–H groups in total. The zero-order chi connectivity index (χ0) is 19.8. The van der Waals surface area contributed by atoms with Gasteiger partial charge in [0.05, 0.1) is 7.11 Å². The molecule has 0 heterocycles. The van der Waals surface area contributed by atoms with E-state index in [2.05, 4.69) is 10.6 Å². The molecule has 0 aliphatic heterocycles. The molecule has 0 aliphatic carbocycles. The Morgan fingerprint density at radius 3 is 2.37 bits per heavy atom. The van der Waals surface area contributed by atoms with Crippen LogP contribution in [0.15, 0.2) is 48.5 Å². The van der Waals surface area contributed by atoms with Gasteiger partial charge in [-0.05, 0) is 48.2 Å². The summed E-state index contributed by atoms with van der Waals surface area (Å²) in [5.74, 6) is 0.239. The van der Waals surface area contributed by atoms with Crippen LogP contribution in [0, 0.1) is 5.92 Å². The van der Waals surface area contributed by atoms with E-state index in [9.17, 15) is 9.59 Å². The highest BCUT2D eigenvalue weighted by Gasteiger charge is 2.24. The van der Waals surface area contributed by atoms with Crippen molar-refractivity contribution in [3.05, 3.63) is 64.7 Å². The van der Waals surface area contributed by atoms with Gasteiger partial charge >= 0.3 is 0 Å². The average molecular weight is 389 g/mol. The minimum Gasteiger partial charge on any atom is -0.496 e. The maximum Gasteiger partial charge on any atom is 0.251 e. The second-order valence-corrected chi connectivity index (χ2v) is 6.99. The molecule has 0 unspecified atom stereocenters. The number of carbonyl (C=O) groups excluding carboxylic acids is 2. The predicted octanol–water partition coefficient (Wildman–Crippen LogP) is 3.46. The lowest BCUT2D eigenvalue weighted by atomic mass is 10.0. The molecule has 6 heteroatoms. The molecule has 0 bridgehead atoms. The summed E-state index contributed by atoms with van der Waals surface area (Å²) in [6, 6.07) is 13.6. The highest BCUT2D eigenvalue weighted by molar-refractivity contribution is 6.30. The summed E-state index contributed by atoms with van der Waals surface area (Å²) >= 11 is 5.85. The summed E-state index contributed by atoms with van der Waals surface area (Å²) in [6.07, 6.45) is 0.645. The van der Waals surface area contributed by atoms with E-state index in [0.717, 1.165) is 11.3 Å². The fraction of sp³-hybridized carbons (Fsp3) is 0.333. The number of nitrogens with one attached hydrogen (secondary N) is 2. The van der Waals surface area contributed by atoms with Crippen LogP contribution in [0.5, 0.6) is 5.75 Å². The van der Waals surface area contributed by atoms with Gasteiger partial charge in [-0.2, -0.15) is 0 Å². The van der Waals surface area contributed by atoms with Crippen molar-refractivity contribution in [2.45, 2.75) is 26.3 Å². The van der Waals surface area contributed by atoms with Gasteiger partial charge < -0.3 is 15.4 Å². The van der Waals surface area contributed by atoms with Gasteiger partial charge in [-0.15, -0.1) is 0 Å². The quantitative estimate of drug-likeness (QED) is 0.727. The van der Waals surface area contributed by atoms with Crippen LogP contribution in [0.4, 0.5) is 0 Å². The Labute approximate surface area is 165 Å². The van der Waals surface area contributed by atoms with Gasteiger partial charge in [0, 0.05) is 17.1 Å². The molecule has 2 aromatic carbocycles. The van der Waals surface area contributed by atoms with E-state index in [1.165, 1.54) is 0 Å². The molecule has 0 spiro atoms. The van der Waals surface area contributed by atoms with Crippen LogP contribution in [0.2, 0.25) is 5.02 Å². The summed E-state index contributed by atoms with van der Waals surface area (Å²) in [4.78, 5) is 25.0. The molecule has 0 saturated heterocycles. The smallest absolute Gasteiger partial charge is 0.251 e. The summed E-state index contributed by atoms with van der Waals surface area (Å²) in [5.41, 5.74) is 1.48. The van der Waals surface area contributed by atoms with E-state index in [4.69, 9.17) is 16.3 Å². The van der Waals surface area contributed by atoms with Crippen molar-refractivity contribution < 1.29 is 14.3 Å². The number of halogens is 1. The summed E-state index contributed by atoms with van der Waals surface area (Å²) in [7, 11) is 1.62. The van der Waals surface area contributed by atoms with E-state index in [1.54, 1.807) is 31.4 Å². The van der Waals surface area contributed by atoms with Crippen molar-refractivity contribution >= 4 is 23.4 Å². The molecule has 0 aliphatic rings. The number of carbonyl (C=O) groups is 2. The van der Waals surface area contributed by atoms with Crippen molar-refractivity contribution in [1.29, 1.82) is 0 Å². The van der Waals surface area contributed by atoms with Gasteiger partial charge in [-0.25, -0.2) is 0 Å². The largest absolute Gasteiger partial charge is 0.496 e. The third-order valence-electron chi connectivity index (χ3n) is 4.23. The number of methoxy groups -OCH3 is 1. The number of amides is 2. The van der Waals surface area contributed by atoms with Crippen molar-refractivity contribution in [3.8, 4) is 5.75 Å². The second kappa shape index (κ2) is 9.97. The Morgan fingerprint density at radius 2 is 1.74 bits per heavy atom. The summed E-state index contributed by atoms with van der Waals surface area (Å²) < 4.78 is 5.32. The maximum absolute atomic E-state index is 12.6. The lowest BCUT2D eigenvalue weighted by Gasteiger charge is -2.22. The molecule has 2 aromatic rings. The first-order valence-electron chi connectivity index (χ1n) is 8.88. The Hall–Kier alpha value is -2.53. The van der Waals surface area contributed by atoms with Crippen molar-refractivity contribution in [3.63, 3.8) is 0 Å². The standard InChI is InChI=1S/C21H25ClN2O3/c1-14(2)19(24-20(25)16-8-10-17(22)11-9-16)21(26)23-13-12-15-6-4-5-7-18(15)27-3/h4-11,14,19H,12-13H2,1-3H3,(H,23,26)(H,24,25)/t19-/m0/s1. The normalized spacial score (nSPS) is 11.7. The second-order valence-electron chi connectivity index (χ2n) is 6.55. The SMILES string of the molecule is COc1ccccc1CCNC(=O)[C@@H](NC(=O)c1ccc(Cl)cc1)C(C)C. The Bertz CT molecular complexity index is 775. The highest BCUT2D eigenvalue weighted by Crippen LogP contribution is 2.17. The zero-order valence-electron chi connectivity index (χ0n) is 15.8. The Balaban J connectivity index is 1.94. The maximum atomic E-state index is 12.6. The van der Waals surface area contributed by atoms with Gasteiger partial charge in [0.25, 0.3) is 5.91 Å². The topological polar surface area (TPSA) is 67.4 Å². The number of hydrogen-bond acceptors (Lipinski definition) is 3. The molecule has 0 saturated carbocycles. The van der Waals surface area contributed by atoms with Gasteiger partial charge in [-0.1, -0.05) is 43.6 Å². The van der Waals surface area contributed by atoms with Crippen LogP contribution in [0.3, 0.4) is 0 Å². The molecule has 2 amide bonds. The van der Waals surface area contributed by atoms with E-state index in [0.29, 0.717) is 23.6 Å². The first kappa shape index (κ1) is 20.8. The summed E-state index contributed by atoms with van der Waals surface area (Å²) in [5, 5.41) is 6.26. The molecule has 0 radical (unpaired) electrons. The van der Waals surface area contributed by atoms with Crippen LogP contribution < -0.4 is 15.4 Å². The van der Waals surface area contributed by atoms with Gasteiger partial charge in [-0.3, -0.25) is 9.59 Å². The number of benzene rings is 2. The van der Waals surface area contributed by atoms with E-state index in [1.807, 2.05) is 38.1 Å². The number of ether oxygens (including phenoxy) is 1. The lowest BCUT2D eigenvalue weighted by molar-refractivity contribution is -0.123. The Kier molecular flexibility index (Phi) is 7.67. The zero-order valence-corrected chi connectivity index (χ0v) is 16.5. The fourth-order valence-corrected chi connectivity index (χ4v) is 2.83. The minimum atomic E-state index is -0.620. The minimum absolute atomic E-state index is 0.0486. The number of hydrogen-bond donors (Lipinski definition) is 2. The van der Waals surface area contributed by atoms with E-state index >= 15 is 0 Å². The monoisotopic (exact) mass is 388 g/mol. The molecular weight excluding hydrogens is 364 g/mol. The third kappa shape index (κ3) is 6.00.